The zero-order valence-electron chi connectivity index (χ0n) is 17.0. The predicted octanol–water partition coefficient (Wildman–Crippen LogP) is 3.59. The lowest BCUT2D eigenvalue weighted by Crippen LogP contribution is -2.50. The third-order valence-electron chi connectivity index (χ3n) is 5.47. The van der Waals surface area contributed by atoms with Crippen molar-refractivity contribution >= 4 is 11.8 Å². The number of nitrogens with one attached hydrogen (secondary N) is 1. The summed E-state index contributed by atoms with van der Waals surface area (Å²) in [5, 5.41) is 2.98. The third-order valence-corrected chi connectivity index (χ3v) is 5.47. The SMILES string of the molecule is NCCCC[C@H](NC(=O)c1ccc(-c2ccccc2)cc1)C(=O)N1CCCCC1. The van der Waals surface area contributed by atoms with Crippen molar-refractivity contribution in [2.45, 2.75) is 44.6 Å². The Morgan fingerprint density at radius 1 is 0.897 bits per heavy atom. The van der Waals surface area contributed by atoms with E-state index in [0.717, 1.165) is 49.9 Å². The fourth-order valence-electron chi connectivity index (χ4n) is 3.77. The zero-order valence-corrected chi connectivity index (χ0v) is 17.0. The van der Waals surface area contributed by atoms with Crippen LogP contribution in [0.15, 0.2) is 54.6 Å². The first kappa shape index (κ1) is 21.1. The van der Waals surface area contributed by atoms with Crippen LogP contribution < -0.4 is 11.1 Å². The maximum atomic E-state index is 13.0. The number of nitrogens with two attached hydrogens (primary N) is 1. The number of piperidine rings is 1. The molecule has 0 aliphatic carbocycles. The lowest BCUT2D eigenvalue weighted by Gasteiger charge is -2.31. The Labute approximate surface area is 173 Å². The predicted molar refractivity (Wildman–Crippen MR) is 116 cm³/mol. The van der Waals surface area contributed by atoms with E-state index in [-0.39, 0.29) is 11.8 Å². The molecule has 1 fully saturated rings. The lowest BCUT2D eigenvalue weighted by molar-refractivity contribution is -0.134. The van der Waals surface area contributed by atoms with E-state index in [2.05, 4.69) is 5.32 Å². The van der Waals surface area contributed by atoms with Crippen LogP contribution in [0.3, 0.4) is 0 Å². The molecule has 1 heterocycles. The molecule has 0 saturated carbocycles. The van der Waals surface area contributed by atoms with E-state index in [4.69, 9.17) is 5.73 Å². The van der Waals surface area contributed by atoms with Crippen molar-refractivity contribution in [2.24, 2.45) is 5.73 Å². The van der Waals surface area contributed by atoms with Crippen LogP contribution in [0.2, 0.25) is 0 Å². The van der Waals surface area contributed by atoms with E-state index in [0.29, 0.717) is 18.5 Å². The topological polar surface area (TPSA) is 75.4 Å². The third kappa shape index (κ3) is 5.91. The van der Waals surface area contributed by atoms with Crippen LogP contribution in [0, 0.1) is 0 Å². The van der Waals surface area contributed by atoms with Crippen molar-refractivity contribution in [3.05, 3.63) is 60.2 Å². The number of likely N-dealkylation sites (tertiary alicyclic amines) is 1. The van der Waals surface area contributed by atoms with Gasteiger partial charge in [-0.25, -0.2) is 0 Å². The van der Waals surface area contributed by atoms with Gasteiger partial charge in [-0.1, -0.05) is 42.5 Å². The molecule has 29 heavy (non-hydrogen) atoms. The van der Waals surface area contributed by atoms with Crippen LogP contribution >= 0.6 is 0 Å². The fourth-order valence-corrected chi connectivity index (χ4v) is 3.77. The summed E-state index contributed by atoms with van der Waals surface area (Å²) in [6.45, 7) is 2.17. The zero-order chi connectivity index (χ0) is 20.5. The first-order valence-corrected chi connectivity index (χ1v) is 10.6. The van der Waals surface area contributed by atoms with Gasteiger partial charge in [-0.15, -0.1) is 0 Å². The molecule has 1 atom stereocenters. The number of amides is 2. The quantitative estimate of drug-likeness (QED) is 0.673. The van der Waals surface area contributed by atoms with Crippen LogP contribution in [0.25, 0.3) is 11.1 Å². The van der Waals surface area contributed by atoms with Gasteiger partial charge in [-0.2, -0.15) is 0 Å². The maximum Gasteiger partial charge on any atom is 0.251 e. The number of benzene rings is 2. The summed E-state index contributed by atoms with van der Waals surface area (Å²) in [4.78, 5) is 27.7. The number of unbranched alkanes of at least 4 members (excludes halogenated alkanes) is 1. The average molecular weight is 394 g/mol. The highest BCUT2D eigenvalue weighted by Gasteiger charge is 2.26. The number of hydrogen-bond donors (Lipinski definition) is 2. The molecule has 0 bridgehead atoms. The van der Waals surface area contributed by atoms with Gasteiger partial charge in [0, 0.05) is 18.7 Å². The van der Waals surface area contributed by atoms with Gasteiger partial charge in [0.15, 0.2) is 0 Å². The van der Waals surface area contributed by atoms with Crippen molar-refractivity contribution in [3.63, 3.8) is 0 Å². The van der Waals surface area contributed by atoms with Gasteiger partial charge in [0.1, 0.15) is 6.04 Å². The highest BCUT2D eigenvalue weighted by Crippen LogP contribution is 2.19. The van der Waals surface area contributed by atoms with E-state index < -0.39 is 6.04 Å². The van der Waals surface area contributed by atoms with Crippen molar-refractivity contribution in [1.82, 2.24) is 10.2 Å². The number of rotatable bonds is 8. The van der Waals surface area contributed by atoms with Crippen LogP contribution in [-0.2, 0) is 4.79 Å². The Morgan fingerprint density at radius 2 is 1.55 bits per heavy atom. The highest BCUT2D eigenvalue weighted by atomic mass is 16.2. The molecule has 1 saturated heterocycles. The van der Waals surface area contributed by atoms with E-state index in [1.165, 1.54) is 6.42 Å². The molecule has 0 spiro atoms. The molecule has 1 aliphatic heterocycles. The van der Waals surface area contributed by atoms with Gasteiger partial charge in [0.05, 0.1) is 0 Å². The molecular formula is C24H31N3O2. The van der Waals surface area contributed by atoms with Gasteiger partial charge >= 0.3 is 0 Å². The Morgan fingerprint density at radius 3 is 2.21 bits per heavy atom. The molecule has 2 aromatic carbocycles. The molecule has 2 amide bonds. The summed E-state index contributed by atoms with van der Waals surface area (Å²) in [6, 6.07) is 17.1. The van der Waals surface area contributed by atoms with Crippen LogP contribution in [0.5, 0.6) is 0 Å². The summed E-state index contributed by atoms with van der Waals surface area (Å²) in [5.74, 6) is -0.163. The van der Waals surface area contributed by atoms with Crippen LogP contribution in [0.4, 0.5) is 0 Å². The molecule has 0 aromatic heterocycles. The minimum absolute atomic E-state index is 0.0379. The maximum absolute atomic E-state index is 13.0. The smallest absolute Gasteiger partial charge is 0.251 e. The normalized spacial score (nSPS) is 15.0. The molecule has 3 N–H and O–H groups in total. The molecule has 2 aromatic rings. The first-order valence-electron chi connectivity index (χ1n) is 10.6. The summed E-state index contributed by atoms with van der Waals surface area (Å²) in [6.07, 6.45) is 5.55. The van der Waals surface area contributed by atoms with Crippen LogP contribution in [-0.4, -0.2) is 42.4 Å². The van der Waals surface area contributed by atoms with Gasteiger partial charge in [0.25, 0.3) is 5.91 Å². The Hall–Kier alpha value is -2.66. The molecule has 5 heteroatoms. The van der Waals surface area contributed by atoms with Crippen molar-refractivity contribution < 1.29 is 9.59 Å². The van der Waals surface area contributed by atoms with Crippen molar-refractivity contribution in [3.8, 4) is 11.1 Å². The fraction of sp³-hybridized carbons (Fsp3) is 0.417. The first-order chi connectivity index (χ1) is 14.2. The second-order valence-electron chi connectivity index (χ2n) is 7.64. The Bertz CT molecular complexity index is 784. The van der Waals surface area contributed by atoms with E-state index in [1.54, 1.807) is 0 Å². The van der Waals surface area contributed by atoms with Crippen LogP contribution in [0.1, 0.15) is 48.9 Å². The molecule has 5 nitrogen and oxygen atoms in total. The second-order valence-corrected chi connectivity index (χ2v) is 7.64. The summed E-state index contributed by atoms with van der Waals surface area (Å²) < 4.78 is 0. The highest BCUT2D eigenvalue weighted by molar-refractivity contribution is 5.97. The van der Waals surface area contributed by atoms with Gasteiger partial charge in [0.2, 0.25) is 5.91 Å². The standard InChI is InChI=1S/C24H31N3O2/c25-16-6-5-11-22(24(29)27-17-7-2-8-18-27)26-23(28)21-14-12-20(13-15-21)19-9-3-1-4-10-19/h1,3-4,9-10,12-15,22H,2,5-8,11,16-18,25H2,(H,26,28)/t22-/m0/s1. The van der Waals surface area contributed by atoms with Gasteiger partial charge in [-0.3, -0.25) is 9.59 Å². The van der Waals surface area contributed by atoms with E-state index in [1.807, 2.05) is 59.5 Å². The largest absolute Gasteiger partial charge is 0.341 e. The molecule has 3 rings (SSSR count). The number of carbonyl (C=O) groups excluding carboxylic acids is 2. The van der Waals surface area contributed by atoms with Crippen molar-refractivity contribution in [2.75, 3.05) is 19.6 Å². The minimum atomic E-state index is -0.485. The average Bonchev–Trinajstić information content (AvgIpc) is 2.79. The molecule has 1 aliphatic rings. The van der Waals surface area contributed by atoms with E-state index >= 15 is 0 Å². The Balaban J connectivity index is 1.67. The summed E-state index contributed by atoms with van der Waals surface area (Å²) in [5.41, 5.74) is 8.35. The van der Waals surface area contributed by atoms with Crippen molar-refractivity contribution in [1.29, 1.82) is 0 Å². The summed E-state index contributed by atoms with van der Waals surface area (Å²) in [7, 11) is 0. The van der Waals surface area contributed by atoms with Gasteiger partial charge in [-0.05, 0) is 68.3 Å². The minimum Gasteiger partial charge on any atom is -0.341 e. The second kappa shape index (κ2) is 10.8. The monoisotopic (exact) mass is 393 g/mol. The molecule has 0 unspecified atom stereocenters. The molecule has 0 radical (unpaired) electrons. The van der Waals surface area contributed by atoms with Gasteiger partial charge < -0.3 is 16.0 Å². The van der Waals surface area contributed by atoms with E-state index in [9.17, 15) is 9.59 Å². The Kier molecular flexibility index (Phi) is 7.82. The molecule has 154 valence electrons. The summed E-state index contributed by atoms with van der Waals surface area (Å²) >= 11 is 0. The number of nitrogens with zero attached hydrogens (tertiary/aromatic N) is 1. The number of carbonyl (C=O) groups is 2. The molecular weight excluding hydrogens is 362 g/mol. The lowest BCUT2D eigenvalue weighted by atomic mass is 10.0. The number of hydrogen-bond acceptors (Lipinski definition) is 3.